The summed E-state index contributed by atoms with van der Waals surface area (Å²) in [7, 11) is 0. The van der Waals surface area contributed by atoms with Gasteiger partial charge in [-0.2, -0.15) is 0 Å². The molecule has 6 nitrogen and oxygen atoms in total. The lowest BCUT2D eigenvalue weighted by molar-refractivity contribution is 0.0455. The molecule has 0 fully saturated rings. The number of hydrazone groups is 1. The maximum Gasteiger partial charge on any atom is 0.532 e. The summed E-state index contributed by atoms with van der Waals surface area (Å²) in [5.41, 5.74) is 1.44. The maximum atomic E-state index is 9.40. The fourth-order valence-corrected chi connectivity index (χ4v) is 0.0805. The summed E-state index contributed by atoms with van der Waals surface area (Å²) in [5.74, 6) is 0. The maximum absolute atomic E-state index is 9.40. The first-order chi connectivity index (χ1) is 3.77. The van der Waals surface area contributed by atoms with Crippen molar-refractivity contribution in [2.75, 3.05) is 0 Å². The van der Waals surface area contributed by atoms with Gasteiger partial charge < -0.3 is 5.11 Å². The van der Waals surface area contributed by atoms with E-state index in [2.05, 4.69) is 9.94 Å². The van der Waals surface area contributed by atoms with Crippen LogP contribution in [0, 0.1) is 0 Å². The molecule has 0 aromatic carbocycles. The Balaban J connectivity index is 3.18. The van der Waals surface area contributed by atoms with Crippen LogP contribution >= 0.6 is 0 Å². The normalized spacial score (nSPS) is 6.50. The van der Waals surface area contributed by atoms with Gasteiger partial charge in [-0.1, -0.05) is 5.10 Å². The Hall–Kier alpha value is -1.55. The molecule has 0 spiro atoms. The van der Waals surface area contributed by atoms with Gasteiger partial charge in [-0.25, -0.2) is 9.59 Å². The van der Waals surface area contributed by atoms with Gasteiger partial charge in [0.05, 0.1) is 0 Å². The number of carbonyl (C=O) groups is 1. The molecule has 0 atom stereocenters. The molecule has 8 heavy (non-hydrogen) atoms. The van der Waals surface area contributed by atoms with Crippen molar-refractivity contribution >= 4 is 12.2 Å². The average Bonchev–Trinajstić information content (AvgIpc) is 1.66. The van der Waals surface area contributed by atoms with Gasteiger partial charge >= 0.3 is 6.16 Å². The molecule has 0 aliphatic heterocycles. The number of carbonyl (C=O) groups excluding carboxylic acids is 1. The lowest BCUT2D eigenvalue weighted by Gasteiger charge is -1.88. The van der Waals surface area contributed by atoms with Gasteiger partial charge in [0.2, 0.25) is 0 Å². The molecule has 0 radical (unpaired) electrons. The molecule has 0 aromatic heterocycles. The molecule has 0 aliphatic carbocycles. The van der Waals surface area contributed by atoms with E-state index >= 15 is 0 Å². The molecular weight excluding hydrogens is 116 g/mol. The molecule has 0 saturated heterocycles. The van der Waals surface area contributed by atoms with Crippen molar-refractivity contribution in [3.05, 3.63) is 0 Å². The van der Waals surface area contributed by atoms with Gasteiger partial charge in [-0.05, 0) is 0 Å². The van der Waals surface area contributed by atoms with Gasteiger partial charge in [-0.3, -0.25) is 4.84 Å². The number of rotatable bonds is 2. The van der Waals surface area contributed by atoms with Crippen molar-refractivity contribution < 1.29 is 19.5 Å². The summed E-state index contributed by atoms with van der Waals surface area (Å²) < 4.78 is 0. The van der Waals surface area contributed by atoms with Gasteiger partial charge in [0.25, 0.3) is 6.08 Å². The van der Waals surface area contributed by atoms with Crippen molar-refractivity contribution in [1.82, 2.24) is 5.59 Å². The van der Waals surface area contributed by atoms with Crippen LogP contribution in [0.15, 0.2) is 5.10 Å². The van der Waals surface area contributed by atoms with Crippen LogP contribution in [-0.4, -0.2) is 17.3 Å². The zero-order valence-corrected chi connectivity index (χ0v) is 3.62. The molecule has 0 amide bonds. The fraction of sp³-hybridized carbons (Fsp3) is 0. The number of hydrogen-bond donors (Lipinski definition) is 2. The van der Waals surface area contributed by atoms with Crippen LogP contribution < -0.4 is 5.59 Å². The third-order valence-corrected chi connectivity index (χ3v) is 0.224. The van der Waals surface area contributed by atoms with Crippen molar-refractivity contribution in [2.24, 2.45) is 5.10 Å². The van der Waals surface area contributed by atoms with E-state index in [9.17, 15) is 4.79 Å². The number of nitrogens with zero attached hydrogens (tertiary/aromatic N) is 1. The first-order valence-corrected chi connectivity index (χ1v) is 1.49. The largest absolute Gasteiger partial charge is 0.532 e. The highest BCUT2D eigenvalue weighted by Crippen LogP contribution is 1.64. The number of isocyanates is 1. The van der Waals surface area contributed by atoms with Crippen LogP contribution in [0.5, 0.6) is 0 Å². The number of nitrogens with one attached hydrogen (secondary N) is 1. The molecule has 0 saturated carbocycles. The van der Waals surface area contributed by atoms with Gasteiger partial charge in [0.1, 0.15) is 0 Å². The second-order valence-electron chi connectivity index (χ2n) is 0.662. The highest BCUT2D eigenvalue weighted by molar-refractivity contribution is 5.56. The monoisotopic (exact) mass is 118 g/mol. The fourth-order valence-electron chi connectivity index (χ4n) is 0.0805. The predicted octanol–water partition coefficient (Wildman–Crippen LogP) is -0.564. The van der Waals surface area contributed by atoms with E-state index < -0.39 is 6.16 Å². The highest BCUT2D eigenvalue weighted by Gasteiger charge is 1.89. The van der Waals surface area contributed by atoms with Crippen LogP contribution in [-0.2, 0) is 9.63 Å². The Morgan fingerprint density at radius 1 is 1.88 bits per heavy atom. The minimum Gasteiger partial charge on any atom is -0.448 e. The van der Waals surface area contributed by atoms with Gasteiger partial charge in [0.15, 0.2) is 0 Å². The van der Waals surface area contributed by atoms with E-state index in [1.165, 1.54) is 5.59 Å². The molecule has 44 valence electrons. The van der Waals surface area contributed by atoms with E-state index in [1.54, 1.807) is 0 Å². The first kappa shape index (κ1) is 6.45. The van der Waals surface area contributed by atoms with E-state index in [1.807, 2.05) is 0 Å². The van der Waals surface area contributed by atoms with E-state index in [4.69, 9.17) is 9.90 Å². The SMILES string of the molecule is O=C=NNOC(=O)O. The second kappa shape index (κ2) is 3.63. The molecule has 0 rings (SSSR count). The molecule has 0 bridgehead atoms. The van der Waals surface area contributed by atoms with Crippen LogP contribution in [0.4, 0.5) is 4.79 Å². The topological polar surface area (TPSA) is 88.0 Å². The second-order valence-corrected chi connectivity index (χ2v) is 0.662. The summed E-state index contributed by atoms with van der Waals surface area (Å²) in [6.07, 6.45) is -0.567. The molecule has 0 aromatic rings. The summed E-state index contributed by atoms with van der Waals surface area (Å²) in [6.45, 7) is 0. The molecular formula is C2H2N2O4. The molecule has 6 heteroatoms. The Bertz CT molecular complexity index is 124. The smallest absolute Gasteiger partial charge is 0.448 e. The summed E-state index contributed by atoms with van der Waals surface area (Å²) in [5, 5.41) is 10.2. The minimum absolute atomic E-state index is 0.999. The number of carboxylic acid groups (broad SMARTS) is 1. The van der Waals surface area contributed by atoms with E-state index in [-0.39, 0.29) is 0 Å². The van der Waals surface area contributed by atoms with Crippen molar-refractivity contribution in [3.8, 4) is 0 Å². The Kier molecular flexibility index (Phi) is 2.93. The molecule has 0 aliphatic rings. The van der Waals surface area contributed by atoms with Crippen molar-refractivity contribution in [1.29, 1.82) is 0 Å². The molecule has 2 N–H and O–H groups in total. The number of hydrogen-bond acceptors (Lipinski definition) is 5. The predicted molar refractivity (Wildman–Crippen MR) is 20.4 cm³/mol. The summed E-state index contributed by atoms with van der Waals surface area (Å²) in [6, 6.07) is 0. The van der Waals surface area contributed by atoms with Crippen LogP contribution in [0.1, 0.15) is 0 Å². The van der Waals surface area contributed by atoms with Crippen LogP contribution in [0.25, 0.3) is 0 Å². The third-order valence-electron chi connectivity index (χ3n) is 0.224. The third kappa shape index (κ3) is 4.45. The Labute approximate surface area is 43.7 Å². The standard InChI is InChI=1S/C2H2N2O4/c5-1-3-4-8-2(6)7/h4H,(H,6,7). The van der Waals surface area contributed by atoms with Crippen molar-refractivity contribution in [3.63, 3.8) is 0 Å². The van der Waals surface area contributed by atoms with Crippen LogP contribution in [0.2, 0.25) is 0 Å². The van der Waals surface area contributed by atoms with E-state index in [0.717, 1.165) is 6.08 Å². The first-order valence-electron chi connectivity index (χ1n) is 1.49. The highest BCUT2D eigenvalue weighted by atomic mass is 16.8. The van der Waals surface area contributed by atoms with Gasteiger partial charge in [-0.15, -0.1) is 5.59 Å². The lowest BCUT2D eigenvalue weighted by atomic mass is 11.4. The quantitative estimate of drug-likeness (QED) is 0.288. The van der Waals surface area contributed by atoms with Crippen molar-refractivity contribution in [2.45, 2.75) is 0 Å². The lowest BCUT2D eigenvalue weighted by Crippen LogP contribution is -2.11. The molecule has 0 unspecified atom stereocenters. The molecule has 0 heterocycles. The van der Waals surface area contributed by atoms with E-state index in [0.29, 0.717) is 0 Å². The Morgan fingerprint density at radius 3 is 2.88 bits per heavy atom. The zero-order chi connectivity index (χ0) is 6.41. The minimum atomic E-state index is -1.57. The van der Waals surface area contributed by atoms with Crippen LogP contribution in [0.3, 0.4) is 0 Å². The Morgan fingerprint density at radius 2 is 2.50 bits per heavy atom. The summed E-state index contributed by atoms with van der Waals surface area (Å²) >= 11 is 0. The zero-order valence-electron chi connectivity index (χ0n) is 3.62. The van der Waals surface area contributed by atoms with Gasteiger partial charge in [0, 0.05) is 0 Å². The average molecular weight is 118 g/mol. The summed E-state index contributed by atoms with van der Waals surface area (Å²) in [4.78, 5) is 22.1.